The Morgan fingerprint density at radius 2 is 1.85 bits per heavy atom. The Labute approximate surface area is 125 Å². The van der Waals surface area contributed by atoms with Crippen LogP contribution < -0.4 is 9.91 Å². The number of nitrogens with zero attached hydrogens (tertiary/aromatic N) is 2. The number of nitrogens with one attached hydrogen (secondary N) is 1. The maximum atomic E-state index is 5.62. The maximum absolute atomic E-state index is 5.62. The molecular weight excluding hydrogens is 266 g/mol. The number of hydrazone groups is 1. The van der Waals surface area contributed by atoms with Gasteiger partial charge in [-0.2, -0.15) is 5.10 Å². The molecule has 3 nitrogen and oxygen atoms in total. The number of piperidine rings is 1. The minimum atomic E-state index is 0.826. The van der Waals surface area contributed by atoms with Gasteiger partial charge in [0.15, 0.2) is 0 Å². The van der Waals surface area contributed by atoms with Gasteiger partial charge in [0.2, 0.25) is 0 Å². The van der Waals surface area contributed by atoms with Crippen LogP contribution >= 0.6 is 12.2 Å². The summed E-state index contributed by atoms with van der Waals surface area (Å²) in [6, 6.07) is 10.1. The Balaban J connectivity index is 1.83. The van der Waals surface area contributed by atoms with Crippen LogP contribution in [0.15, 0.2) is 47.2 Å². The van der Waals surface area contributed by atoms with E-state index in [1.54, 1.807) is 0 Å². The first kappa shape index (κ1) is 13.5. The molecule has 0 bridgehead atoms. The topological polar surface area (TPSA) is 20.0 Å². The van der Waals surface area contributed by atoms with E-state index in [1.807, 2.05) is 42.3 Å². The van der Waals surface area contributed by atoms with Crippen LogP contribution in [0.5, 0.6) is 0 Å². The van der Waals surface area contributed by atoms with Crippen LogP contribution in [0.1, 0.15) is 26.2 Å². The van der Waals surface area contributed by atoms with E-state index in [9.17, 15) is 0 Å². The monoisotopic (exact) mass is 286 g/mol. The van der Waals surface area contributed by atoms with E-state index in [1.165, 1.54) is 37.3 Å². The van der Waals surface area contributed by atoms with Crippen LogP contribution in [0, 0.1) is 0 Å². The van der Waals surface area contributed by atoms with E-state index in [0.717, 1.165) is 22.0 Å². The van der Waals surface area contributed by atoms with E-state index in [0.29, 0.717) is 0 Å². The van der Waals surface area contributed by atoms with Crippen molar-refractivity contribution in [2.75, 3.05) is 18.1 Å². The molecule has 0 radical (unpaired) electrons. The van der Waals surface area contributed by atoms with E-state index in [-0.39, 0.29) is 0 Å². The summed E-state index contributed by atoms with van der Waals surface area (Å²) in [5, 5.41) is 6.49. The van der Waals surface area contributed by atoms with E-state index >= 15 is 0 Å². The van der Waals surface area contributed by atoms with Gasteiger partial charge in [-0.15, -0.1) is 0 Å². The van der Waals surface area contributed by atoms with Crippen molar-refractivity contribution in [1.82, 2.24) is 0 Å². The molecule has 0 atom stereocenters. The highest BCUT2D eigenvalue weighted by atomic mass is 32.1. The average molecular weight is 286 g/mol. The fourth-order valence-electron chi connectivity index (χ4n) is 2.78. The summed E-state index contributed by atoms with van der Waals surface area (Å²) in [4.78, 5) is 2.35. The van der Waals surface area contributed by atoms with Crippen molar-refractivity contribution in [3.8, 4) is 0 Å². The zero-order valence-electron chi connectivity index (χ0n) is 11.8. The molecule has 1 fully saturated rings. The Bertz CT molecular complexity index is 556. The predicted octanol–water partition coefficient (Wildman–Crippen LogP) is 2.16. The number of rotatable bonds is 2. The molecule has 1 aromatic carbocycles. The van der Waals surface area contributed by atoms with Gasteiger partial charge in [0.25, 0.3) is 0 Å². The van der Waals surface area contributed by atoms with Crippen molar-refractivity contribution in [2.24, 2.45) is 5.10 Å². The molecule has 2 aliphatic heterocycles. The van der Waals surface area contributed by atoms with E-state index < -0.39 is 0 Å². The van der Waals surface area contributed by atoms with Gasteiger partial charge >= 0.3 is 0 Å². The number of para-hydroxylation sites is 1. The molecule has 104 valence electrons. The first-order chi connectivity index (χ1) is 9.75. The summed E-state index contributed by atoms with van der Waals surface area (Å²) >= 11 is 5.62. The van der Waals surface area contributed by atoms with Crippen LogP contribution in [-0.2, 0) is 0 Å². The van der Waals surface area contributed by atoms with Gasteiger partial charge in [-0.1, -0.05) is 30.4 Å². The minimum Gasteiger partial charge on any atom is -0.308 e. The molecule has 0 aromatic heterocycles. The van der Waals surface area contributed by atoms with Crippen molar-refractivity contribution >= 4 is 28.6 Å². The third kappa shape index (κ3) is 2.67. The van der Waals surface area contributed by atoms with Crippen molar-refractivity contribution in [3.63, 3.8) is 0 Å². The van der Waals surface area contributed by atoms with Gasteiger partial charge < -0.3 is 4.90 Å². The molecule has 0 aliphatic carbocycles. The fourth-order valence-corrected chi connectivity index (χ4v) is 3.14. The lowest BCUT2D eigenvalue weighted by Gasteiger charge is -2.20. The number of likely N-dealkylation sites (tertiary alicyclic amines) is 1. The molecule has 2 heterocycles. The SMILES string of the molecule is CC1=NN(c2ccccc2)C(=S)C1=C[NH+]1CCCCC1. The van der Waals surface area contributed by atoms with Crippen molar-refractivity contribution in [1.29, 1.82) is 0 Å². The minimum absolute atomic E-state index is 0.826. The highest BCUT2D eigenvalue weighted by Gasteiger charge is 2.27. The largest absolute Gasteiger partial charge is 0.308 e. The summed E-state index contributed by atoms with van der Waals surface area (Å²) in [6.45, 7) is 4.47. The first-order valence-electron chi connectivity index (χ1n) is 7.27. The summed E-state index contributed by atoms with van der Waals surface area (Å²) in [5.74, 6) is 0. The molecule has 1 aromatic rings. The average Bonchev–Trinajstić information content (AvgIpc) is 2.77. The Hall–Kier alpha value is -1.52. The number of thiocarbonyl (C=S) groups is 1. The molecule has 4 heteroatoms. The lowest BCUT2D eigenvalue weighted by Crippen LogP contribution is -3.08. The molecule has 1 N–H and O–H groups in total. The summed E-state index contributed by atoms with van der Waals surface area (Å²) in [6.07, 6.45) is 6.26. The standard InChI is InChI=1S/C16H19N3S/c1-13-15(12-18-10-6-3-7-11-18)16(20)19(17-13)14-8-4-2-5-9-14/h2,4-5,8-9,12H,3,6-7,10-11H2,1H3/p+1. The summed E-state index contributed by atoms with van der Waals surface area (Å²) in [7, 11) is 0. The van der Waals surface area contributed by atoms with Crippen molar-refractivity contribution in [2.45, 2.75) is 26.2 Å². The molecule has 0 amide bonds. The smallest absolute Gasteiger partial charge is 0.142 e. The molecule has 2 aliphatic rings. The molecule has 3 rings (SSSR count). The predicted molar refractivity (Wildman–Crippen MR) is 87.3 cm³/mol. The van der Waals surface area contributed by atoms with Crippen molar-refractivity contribution < 1.29 is 4.90 Å². The van der Waals surface area contributed by atoms with Gasteiger partial charge in [0.1, 0.15) is 11.2 Å². The molecule has 0 spiro atoms. The van der Waals surface area contributed by atoms with Crippen molar-refractivity contribution in [3.05, 3.63) is 42.1 Å². The number of hydrogen-bond donors (Lipinski definition) is 1. The summed E-state index contributed by atoms with van der Waals surface area (Å²) < 4.78 is 0. The molecular formula is C16H20N3S+. The highest BCUT2D eigenvalue weighted by Crippen LogP contribution is 2.23. The second kappa shape index (κ2) is 5.85. The second-order valence-corrected chi connectivity index (χ2v) is 5.80. The number of anilines is 1. The lowest BCUT2D eigenvalue weighted by molar-refractivity contribution is -0.852. The zero-order chi connectivity index (χ0) is 13.9. The van der Waals surface area contributed by atoms with Crippen LogP contribution in [0.25, 0.3) is 0 Å². The Morgan fingerprint density at radius 1 is 1.15 bits per heavy atom. The van der Waals surface area contributed by atoms with Gasteiger partial charge in [0, 0.05) is 0 Å². The van der Waals surface area contributed by atoms with Gasteiger partial charge in [-0.3, -0.25) is 0 Å². The molecule has 20 heavy (non-hydrogen) atoms. The molecule has 0 saturated carbocycles. The first-order valence-corrected chi connectivity index (χ1v) is 7.68. The third-order valence-corrected chi connectivity index (χ3v) is 4.30. The maximum Gasteiger partial charge on any atom is 0.142 e. The third-order valence-electron chi connectivity index (χ3n) is 3.91. The van der Waals surface area contributed by atoms with Crippen LogP contribution in [0.3, 0.4) is 0 Å². The number of hydrogen-bond acceptors (Lipinski definition) is 2. The number of quaternary nitrogens is 1. The van der Waals surface area contributed by atoms with Gasteiger partial charge in [0.05, 0.1) is 30.1 Å². The Kier molecular flexibility index (Phi) is 3.94. The summed E-state index contributed by atoms with van der Waals surface area (Å²) in [5.41, 5.74) is 3.19. The Morgan fingerprint density at radius 3 is 2.55 bits per heavy atom. The second-order valence-electron chi connectivity index (χ2n) is 5.41. The van der Waals surface area contributed by atoms with E-state index in [2.05, 4.69) is 11.3 Å². The van der Waals surface area contributed by atoms with E-state index in [4.69, 9.17) is 12.2 Å². The molecule has 0 unspecified atom stereocenters. The quantitative estimate of drug-likeness (QED) is 0.664. The highest BCUT2D eigenvalue weighted by molar-refractivity contribution is 7.81. The van der Waals surface area contributed by atoms with Crippen LogP contribution in [0.2, 0.25) is 0 Å². The normalized spacial score (nSPS) is 22.4. The lowest BCUT2D eigenvalue weighted by atomic mass is 10.1. The van der Waals surface area contributed by atoms with Gasteiger partial charge in [-0.25, -0.2) is 5.01 Å². The zero-order valence-corrected chi connectivity index (χ0v) is 12.6. The van der Waals surface area contributed by atoms with Gasteiger partial charge in [-0.05, 0) is 38.3 Å². The molecule has 1 saturated heterocycles. The van der Waals surface area contributed by atoms with Crippen LogP contribution in [-0.4, -0.2) is 23.8 Å². The van der Waals surface area contributed by atoms with Crippen LogP contribution in [0.4, 0.5) is 5.69 Å². The fraction of sp³-hybridized carbons (Fsp3) is 0.375. The number of benzene rings is 1.